The molecule has 0 radical (unpaired) electrons. The maximum absolute atomic E-state index is 12.6. The van der Waals surface area contributed by atoms with E-state index in [2.05, 4.69) is 80.0 Å². The smallest absolute Gasteiger partial charge is 0.305 e. The average molecular weight is 621 g/mol. The summed E-state index contributed by atoms with van der Waals surface area (Å²) in [6, 6.07) is 24.3. The topological polar surface area (TPSA) is 98.2 Å². The molecule has 0 amide bonds. The Morgan fingerprint density at radius 3 is 2.17 bits per heavy atom. The number of ketones is 1. The van der Waals surface area contributed by atoms with E-state index in [4.69, 9.17) is 0 Å². The predicted molar refractivity (Wildman–Crippen MR) is 183 cm³/mol. The van der Waals surface area contributed by atoms with Crippen molar-refractivity contribution in [1.29, 1.82) is 0 Å². The number of anilines is 2. The van der Waals surface area contributed by atoms with Crippen molar-refractivity contribution < 1.29 is 24.6 Å². The largest absolute Gasteiger partial charge is 0.481 e. The Hall–Kier alpha value is -4.65. The quantitative estimate of drug-likeness (QED) is 0.200. The van der Waals surface area contributed by atoms with E-state index in [1.807, 2.05) is 55.5 Å². The highest BCUT2D eigenvalue weighted by Gasteiger charge is 2.48. The third-order valence-corrected chi connectivity index (χ3v) is 10.1. The summed E-state index contributed by atoms with van der Waals surface area (Å²) in [5.74, 6) is -1.59. The molecule has 3 atom stereocenters. The van der Waals surface area contributed by atoms with Crippen molar-refractivity contribution in [2.24, 2.45) is 0 Å². The summed E-state index contributed by atoms with van der Waals surface area (Å²) in [4.78, 5) is 40.3. The van der Waals surface area contributed by atoms with Crippen LogP contribution >= 0.6 is 0 Å². The minimum Gasteiger partial charge on any atom is -0.481 e. The Morgan fingerprint density at radius 2 is 1.50 bits per heavy atom. The van der Waals surface area contributed by atoms with Crippen LogP contribution in [0.25, 0.3) is 0 Å². The molecule has 3 aromatic carbocycles. The lowest BCUT2D eigenvalue weighted by atomic mass is 9.69. The van der Waals surface area contributed by atoms with Crippen molar-refractivity contribution in [3.8, 4) is 0 Å². The first-order chi connectivity index (χ1) is 21.9. The zero-order valence-corrected chi connectivity index (χ0v) is 27.4. The first kappa shape index (κ1) is 32.7. The van der Waals surface area contributed by atoms with Crippen LogP contribution in [-0.2, 0) is 20.4 Å². The van der Waals surface area contributed by atoms with E-state index < -0.39 is 17.4 Å². The number of carboxylic acids is 2. The first-order valence-electron chi connectivity index (χ1n) is 16.1. The van der Waals surface area contributed by atoms with Crippen molar-refractivity contribution in [2.45, 2.75) is 76.7 Å². The van der Waals surface area contributed by atoms with Crippen LogP contribution in [0.15, 0.2) is 96.7 Å². The molecular formula is C39H44N2O5. The highest BCUT2D eigenvalue weighted by atomic mass is 16.4. The first-order valence-corrected chi connectivity index (χ1v) is 16.1. The van der Waals surface area contributed by atoms with Crippen LogP contribution in [0.1, 0.15) is 86.8 Å². The molecule has 0 saturated heterocycles. The van der Waals surface area contributed by atoms with Gasteiger partial charge >= 0.3 is 11.9 Å². The van der Waals surface area contributed by atoms with Gasteiger partial charge < -0.3 is 20.0 Å². The molecule has 0 aromatic heterocycles. The number of hydrogen-bond donors (Lipinski definition) is 2. The molecule has 3 aromatic rings. The molecule has 2 N–H and O–H groups in total. The number of para-hydroxylation sites is 1. The molecule has 0 saturated carbocycles. The van der Waals surface area contributed by atoms with Crippen LogP contribution in [0.2, 0.25) is 0 Å². The molecule has 7 heteroatoms. The molecule has 0 bridgehead atoms. The van der Waals surface area contributed by atoms with Gasteiger partial charge in [0.25, 0.3) is 0 Å². The van der Waals surface area contributed by atoms with Gasteiger partial charge in [0.2, 0.25) is 0 Å². The summed E-state index contributed by atoms with van der Waals surface area (Å²) < 4.78 is 0. The van der Waals surface area contributed by atoms with E-state index in [-0.39, 0.29) is 36.0 Å². The summed E-state index contributed by atoms with van der Waals surface area (Å²) in [5, 5.41) is 19.2. The maximum atomic E-state index is 12.6. The third kappa shape index (κ3) is 5.86. The van der Waals surface area contributed by atoms with Gasteiger partial charge in [-0.1, -0.05) is 101 Å². The molecule has 0 fully saturated rings. The molecule has 7 nitrogen and oxygen atoms in total. The SMILES string of the molecule is CCC(=O)c1ccc2c(c1)N(CCC(=O)O)C(/C=C/C=C1/N(CCC(=O)O)c3ccccc3C1(C)C(C)c1ccccc1)C2(C)C. The molecule has 5 rings (SSSR count). The highest BCUT2D eigenvalue weighted by molar-refractivity contribution is 5.97. The van der Waals surface area contributed by atoms with Crippen molar-refractivity contribution in [2.75, 3.05) is 22.9 Å². The van der Waals surface area contributed by atoms with Gasteiger partial charge in [0, 0.05) is 53.0 Å². The van der Waals surface area contributed by atoms with Gasteiger partial charge in [-0.15, -0.1) is 0 Å². The number of benzene rings is 3. The van der Waals surface area contributed by atoms with E-state index in [9.17, 15) is 24.6 Å². The maximum Gasteiger partial charge on any atom is 0.305 e. The number of carboxylic acid groups (broad SMARTS) is 2. The molecular weight excluding hydrogens is 576 g/mol. The van der Waals surface area contributed by atoms with Gasteiger partial charge in [-0.25, -0.2) is 0 Å². The monoisotopic (exact) mass is 620 g/mol. The van der Waals surface area contributed by atoms with Crippen molar-refractivity contribution in [1.82, 2.24) is 0 Å². The molecule has 46 heavy (non-hydrogen) atoms. The average Bonchev–Trinajstić information content (AvgIpc) is 3.42. The second kappa shape index (κ2) is 13.0. The van der Waals surface area contributed by atoms with Crippen LogP contribution < -0.4 is 9.80 Å². The molecule has 3 unspecified atom stereocenters. The zero-order chi connectivity index (χ0) is 33.2. The van der Waals surface area contributed by atoms with Gasteiger partial charge in [0.15, 0.2) is 5.78 Å². The fraction of sp³-hybridized carbons (Fsp3) is 0.359. The number of rotatable bonds is 12. The number of nitrogens with zero attached hydrogens (tertiary/aromatic N) is 2. The highest BCUT2D eigenvalue weighted by Crippen LogP contribution is 2.55. The van der Waals surface area contributed by atoms with E-state index >= 15 is 0 Å². The van der Waals surface area contributed by atoms with Crippen LogP contribution in [0, 0.1) is 0 Å². The molecule has 0 spiro atoms. The minimum absolute atomic E-state index is 0.00205. The number of carbonyl (C=O) groups is 3. The van der Waals surface area contributed by atoms with Crippen LogP contribution in [0.5, 0.6) is 0 Å². The van der Waals surface area contributed by atoms with Gasteiger partial charge in [0.05, 0.1) is 18.9 Å². The fourth-order valence-corrected chi connectivity index (χ4v) is 7.40. The number of carbonyl (C=O) groups excluding carboxylic acids is 1. The van der Waals surface area contributed by atoms with Gasteiger partial charge in [0.1, 0.15) is 0 Å². The van der Waals surface area contributed by atoms with E-state index in [0.29, 0.717) is 25.1 Å². The number of hydrogen-bond acceptors (Lipinski definition) is 5. The molecule has 2 aliphatic rings. The lowest BCUT2D eigenvalue weighted by molar-refractivity contribution is -0.137. The van der Waals surface area contributed by atoms with Gasteiger partial charge in [-0.05, 0) is 47.7 Å². The molecule has 0 aliphatic carbocycles. The molecule has 2 heterocycles. The van der Waals surface area contributed by atoms with Crippen LogP contribution in [0.4, 0.5) is 11.4 Å². The number of allylic oxidation sites excluding steroid dienone is 3. The van der Waals surface area contributed by atoms with Crippen molar-refractivity contribution in [3.05, 3.63) is 119 Å². The van der Waals surface area contributed by atoms with Gasteiger partial charge in [-0.3, -0.25) is 14.4 Å². The molecule has 240 valence electrons. The van der Waals surface area contributed by atoms with E-state index in [1.54, 1.807) is 0 Å². The molecule has 2 aliphatic heterocycles. The Labute approximate surface area is 271 Å². The third-order valence-electron chi connectivity index (χ3n) is 10.1. The van der Waals surface area contributed by atoms with Gasteiger partial charge in [-0.2, -0.15) is 0 Å². The Balaban J connectivity index is 1.60. The summed E-state index contributed by atoms with van der Waals surface area (Å²) in [6.45, 7) is 11.3. The van der Waals surface area contributed by atoms with Crippen LogP contribution in [-0.4, -0.2) is 47.1 Å². The predicted octanol–water partition coefficient (Wildman–Crippen LogP) is 7.72. The summed E-state index contributed by atoms with van der Waals surface area (Å²) >= 11 is 0. The van der Waals surface area contributed by atoms with E-state index in [0.717, 1.165) is 28.2 Å². The fourth-order valence-electron chi connectivity index (χ4n) is 7.40. The second-order valence-corrected chi connectivity index (χ2v) is 13.1. The Bertz CT molecular complexity index is 1690. The second-order valence-electron chi connectivity index (χ2n) is 13.1. The standard InChI is InChI=1S/C39H44N2O5/c1-6-33(42)28-19-20-29-32(25-28)41(24-22-37(45)46)34(38(29,3)4)17-12-18-35-39(5,26(2)27-13-8-7-9-14-27)30-15-10-11-16-31(30)40(35)23-21-36(43)44/h7-20,25-26,34H,6,21-24H2,1-5H3,(H,43,44)(H,45,46)/b17-12+,35-18+. The minimum atomic E-state index is -0.875. The van der Waals surface area contributed by atoms with E-state index in [1.165, 1.54) is 5.56 Å². The lowest BCUT2D eigenvalue weighted by Crippen LogP contribution is -2.41. The Morgan fingerprint density at radius 1 is 0.848 bits per heavy atom. The number of aliphatic carboxylic acids is 2. The Kier molecular flexibility index (Phi) is 9.24. The normalized spacial score (nSPS) is 21.4. The summed E-state index contributed by atoms with van der Waals surface area (Å²) in [6.07, 6.45) is 6.66. The summed E-state index contributed by atoms with van der Waals surface area (Å²) in [5.41, 5.74) is 6.17. The number of Topliss-reactive ketones (excluding diaryl/α,β-unsaturated/α-hetero) is 1. The summed E-state index contributed by atoms with van der Waals surface area (Å²) in [7, 11) is 0. The number of fused-ring (bicyclic) bond motifs is 2. The van der Waals surface area contributed by atoms with Crippen molar-refractivity contribution >= 4 is 29.1 Å². The lowest BCUT2D eigenvalue weighted by Gasteiger charge is -2.36. The van der Waals surface area contributed by atoms with Crippen LogP contribution in [0.3, 0.4) is 0 Å². The zero-order valence-electron chi connectivity index (χ0n) is 27.4. The van der Waals surface area contributed by atoms with Crippen molar-refractivity contribution in [3.63, 3.8) is 0 Å².